The summed E-state index contributed by atoms with van der Waals surface area (Å²) in [6.45, 7) is 1.00. The van der Waals surface area contributed by atoms with E-state index in [0.717, 1.165) is 33.3 Å². The fourth-order valence-electron chi connectivity index (χ4n) is 2.07. The fraction of sp³-hybridized carbons (Fsp3) is 0.417. The van der Waals surface area contributed by atoms with E-state index in [2.05, 4.69) is 9.55 Å². The van der Waals surface area contributed by atoms with Crippen LogP contribution in [0, 0.1) is 10.7 Å². The van der Waals surface area contributed by atoms with E-state index in [9.17, 15) is 0 Å². The summed E-state index contributed by atoms with van der Waals surface area (Å²) in [5, 5.41) is 0.765. The van der Waals surface area contributed by atoms with Crippen molar-refractivity contribution >= 4 is 34.9 Å². The molecule has 2 nitrogen and oxygen atoms in total. The Hall–Kier alpha value is -0.800. The molecule has 3 rings (SSSR count). The summed E-state index contributed by atoms with van der Waals surface area (Å²) in [5.41, 5.74) is 2.20. The number of aromatic nitrogens is 2. The molecule has 1 N–H and O–H groups in total. The van der Waals surface area contributed by atoms with Crippen LogP contribution in [-0.4, -0.2) is 9.55 Å². The van der Waals surface area contributed by atoms with Crippen molar-refractivity contribution in [2.45, 2.75) is 25.8 Å². The number of halogens is 1. The van der Waals surface area contributed by atoms with Gasteiger partial charge in [-0.2, -0.15) is 0 Å². The Morgan fingerprint density at radius 3 is 3.00 bits per heavy atom. The summed E-state index contributed by atoms with van der Waals surface area (Å²) >= 11 is 11.3. The molecule has 0 aliphatic heterocycles. The molecule has 1 fully saturated rings. The van der Waals surface area contributed by atoms with E-state index in [1.165, 1.54) is 19.3 Å². The topological polar surface area (TPSA) is 20.7 Å². The Kier molecular flexibility index (Phi) is 2.52. The molecule has 1 aliphatic rings. The van der Waals surface area contributed by atoms with Gasteiger partial charge in [-0.25, -0.2) is 0 Å². The molecular formula is C12H13ClN2S. The molecule has 0 spiro atoms. The summed E-state index contributed by atoms with van der Waals surface area (Å²) in [6.07, 6.45) is 4.00. The number of imidazole rings is 1. The number of hydrogen-bond donors (Lipinski definition) is 1. The molecule has 1 aromatic heterocycles. The first kappa shape index (κ1) is 10.4. The average Bonchev–Trinajstić information content (AvgIpc) is 3.01. The van der Waals surface area contributed by atoms with Gasteiger partial charge in [-0.1, -0.05) is 24.4 Å². The molecular weight excluding hydrogens is 240 g/mol. The predicted octanol–water partition coefficient (Wildman–Crippen LogP) is 4.15. The second kappa shape index (κ2) is 3.90. The van der Waals surface area contributed by atoms with Crippen LogP contribution >= 0.6 is 23.8 Å². The minimum Gasteiger partial charge on any atom is -0.331 e. The molecule has 4 heteroatoms. The minimum atomic E-state index is 0.765. The quantitative estimate of drug-likeness (QED) is 0.814. The van der Waals surface area contributed by atoms with E-state index in [1.807, 2.05) is 18.2 Å². The fourth-order valence-corrected chi connectivity index (χ4v) is 2.53. The number of benzene rings is 1. The number of hydrogen-bond acceptors (Lipinski definition) is 1. The number of fused-ring (bicyclic) bond motifs is 1. The number of nitrogens with zero attached hydrogens (tertiary/aromatic N) is 1. The molecule has 0 amide bonds. The van der Waals surface area contributed by atoms with Crippen LogP contribution in [0.3, 0.4) is 0 Å². The molecule has 1 heterocycles. The van der Waals surface area contributed by atoms with Gasteiger partial charge in [0, 0.05) is 11.6 Å². The summed E-state index contributed by atoms with van der Waals surface area (Å²) in [4.78, 5) is 3.22. The monoisotopic (exact) mass is 252 g/mol. The summed E-state index contributed by atoms with van der Waals surface area (Å²) in [7, 11) is 0. The van der Waals surface area contributed by atoms with Crippen molar-refractivity contribution in [1.82, 2.24) is 9.55 Å². The first-order chi connectivity index (χ1) is 7.74. The predicted molar refractivity (Wildman–Crippen MR) is 69.5 cm³/mol. The summed E-state index contributed by atoms with van der Waals surface area (Å²) in [5.74, 6) is 0.922. The zero-order valence-electron chi connectivity index (χ0n) is 8.87. The molecule has 0 bridgehead atoms. The lowest BCUT2D eigenvalue weighted by Gasteiger charge is -2.03. The first-order valence-electron chi connectivity index (χ1n) is 5.62. The molecule has 2 aromatic rings. The van der Waals surface area contributed by atoms with E-state index in [1.54, 1.807) is 0 Å². The molecule has 16 heavy (non-hydrogen) atoms. The van der Waals surface area contributed by atoms with Crippen LogP contribution in [-0.2, 0) is 6.54 Å². The van der Waals surface area contributed by atoms with E-state index >= 15 is 0 Å². The van der Waals surface area contributed by atoms with Crippen LogP contribution in [0.5, 0.6) is 0 Å². The van der Waals surface area contributed by atoms with Crippen molar-refractivity contribution in [3.05, 3.63) is 28.0 Å². The second-order valence-electron chi connectivity index (χ2n) is 4.48. The van der Waals surface area contributed by atoms with Crippen molar-refractivity contribution in [1.29, 1.82) is 0 Å². The molecule has 0 radical (unpaired) electrons. The van der Waals surface area contributed by atoms with Gasteiger partial charge in [-0.3, -0.25) is 0 Å². The molecule has 0 saturated heterocycles. The Balaban J connectivity index is 2.02. The number of H-pyrrole nitrogens is 1. The number of rotatable bonds is 3. The molecule has 1 saturated carbocycles. The van der Waals surface area contributed by atoms with Gasteiger partial charge in [0.25, 0.3) is 0 Å². The van der Waals surface area contributed by atoms with Crippen molar-refractivity contribution < 1.29 is 0 Å². The van der Waals surface area contributed by atoms with Gasteiger partial charge < -0.3 is 9.55 Å². The maximum absolute atomic E-state index is 6.01. The third kappa shape index (κ3) is 1.89. The van der Waals surface area contributed by atoms with Crippen molar-refractivity contribution in [3.8, 4) is 0 Å². The smallest absolute Gasteiger partial charge is 0.178 e. The Morgan fingerprint density at radius 2 is 2.25 bits per heavy atom. The molecule has 84 valence electrons. The number of aromatic amines is 1. The molecule has 0 unspecified atom stereocenters. The Morgan fingerprint density at radius 1 is 1.44 bits per heavy atom. The Labute approximate surface area is 104 Å². The summed E-state index contributed by atoms with van der Waals surface area (Å²) in [6, 6.07) is 5.86. The zero-order valence-corrected chi connectivity index (χ0v) is 10.4. The highest BCUT2D eigenvalue weighted by atomic mass is 35.5. The van der Waals surface area contributed by atoms with Crippen LogP contribution in [0.25, 0.3) is 11.0 Å². The third-order valence-electron chi connectivity index (χ3n) is 3.20. The van der Waals surface area contributed by atoms with E-state index in [-0.39, 0.29) is 0 Å². The lowest BCUT2D eigenvalue weighted by Crippen LogP contribution is -1.98. The first-order valence-corrected chi connectivity index (χ1v) is 6.41. The molecule has 1 aliphatic carbocycles. The maximum Gasteiger partial charge on any atom is 0.178 e. The molecule has 1 aromatic carbocycles. The minimum absolute atomic E-state index is 0.765. The largest absolute Gasteiger partial charge is 0.331 e. The number of aryl methyl sites for hydroxylation is 1. The van der Waals surface area contributed by atoms with Gasteiger partial charge in [0.05, 0.1) is 11.0 Å². The van der Waals surface area contributed by atoms with Crippen molar-refractivity contribution in [2.75, 3.05) is 0 Å². The maximum atomic E-state index is 6.01. The van der Waals surface area contributed by atoms with Gasteiger partial charge in [0.1, 0.15) is 0 Å². The highest BCUT2D eigenvalue weighted by molar-refractivity contribution is 7.71. The highest BCUT2D eigenvalue weighted by Gasteiger charge is 2.21. The Bertz CT molecular complexity index is 580. The van der Waals surface area contributed by atoms with E-state index in [0.29, 0.717) is 0 Å². The van der Waals surface area contributed by atoms with Gasteiger partial charge >= 0.3 is 0 Å². The third-order valence-corrected chi connectivity index (χ3v) is 3.75. The van der Waals surface area contributed by atoms with E-state index < -0.39 is 0 Å². The highest BCUT2D eigenvalue weighted by Crippen LogP contribution is 2.33. The number of nitrogens with one attached hydrogen (secondary N) is 1. The summed E-state index contributed by atoms with van der Waals surface area (Å²) < 4.78 is 2.97. The van der Waals surface area contributed by atoms with Gasteiger partial charge in [-0.15, -0.1) is 0 Å². The van der Waals surface area contributed by atoms with Gasteiger partial charge in [0.2, 0.25) is 0 Å². The van der Waals surface area contributed by atoms with Crippen molar-refractivity contribution in [2.24, 2.45) is 5.92 Å². The second-order valence-corrected chi connectivity index (χ2v) is 5.30. The lowest BCUT2D eigenvalue weighted by atomic mass is 10.3. The normalized spacial score (nSPS) is 15.8. The van der Waals surface area contributed by atoms with Crippen LogP contribution in [0.2, 0.25) is 5.02 Å². The van der Waals surface area contributed by atoms with Crippen LogP contribution in [0.4, 0.5) is 0 Å². The van der Waals surface area contributed by atoms with Crippen LogP contribution in [0.1, 0.15) is 19.3 Å². The SMILES string of the molecule is S=c1[nH]c2ccc(Cl)cc2n1CCC1CC1. The van der Waals surface area contributed by atoms with Crippen LogP contribution < -0.4 is 0 Å². The average molecular weight is 253 g/mol. The van der Waals surface area contributed by atoms with E-state index in [4.69, 9.17) is 23.8 Å². The van der Waals surface area contributed by atoms with Crippen LogP contribution in [0.15, 0.2) is 18.2 Å². The standard InChI is InChI=1S/C12H13ClN2S/c13-9-3-4-10-11(7-9)15(12(16)14-10)6-5-8-1-2-8/h3-4,7-8H,1-2,5-6H2,(H,14,16). The zero-order chi connectivity index (χ0) is 11.1. The molecule has 0 atom stereocenters. The lowest BCUT2D eigenvalue weighted by molar-refractivity contribution is 0.603. The van der Waals surface area contributed by atoms with Gasteiger partial charge in [-0.05, 0) is 42.8 Å². The van der Waals surface area contributed by atoms with Crippen molar-refractivity contribution in [3.63, 3.8) is 0 Å². The van der Waals surface area contributed by atoms with Gasteiger partial charge in [0.15, 0.2) is 4.77 Å².